The Morgan fingerprint density at radius 1 is 1.00 bits per heavy atom. The Kier molecular flexibility index (Phi) is 12.1. The number of rotatable bonds is 12. The Morgan fingerprint density at radius 2 is 1.65 bits per heavy atom. The van der Waals surface area contributed by atoms with E-state index in [1.165, 1.54) is 30.5 Å². The zero-order valence-electron chi connectivity index (χ0n) is 25.2. The van der Waals surface area contributed by atoms with Gasteiger partial charge in [-0.05, 0) is 48.2 Å². The molecule has 0 bridgehead atoms. The Balaban J connectivity index is 1.39. The fraction of sp³-hybridized carbons (Fsp3) is 0.406. The van der Waals surface area contributed by atoms with Crippen molar-refractivity contribution in [1.82, 2.24) is 10.3 Å². The van der Waals surface area contributed by atoms with Crippen molar-refractivity contribution in [2.75, 3.05) is 25.1 Å². The minimum absolute atomic E-state index is 0.00754. The molecular formula is C32H32F8N4O4. The maximum Gasteiger partial charge on any atom is 0.416 e. The molecule has 1 fully saturated rings. The summed E-state index contributed by atoms with van der Waals surface area (Å²) in [6, 6.07) is 7.17. The van der Waals surface area contributed by atoms with Gasteiger partial charge in [-0.15, -0.1) is 0 Å². The number of alkyl halides is 6. The number of morpholine rings is 1. The van der Waals surface area contributed by atoms with Gasteiger partial charge in [-0.1, -0.05) is 24.3 Å². The predicted molar refractivity (Wildman–Crippen MR) is 157 cm³/mol. The van der Waals surface area contributed by atoms with E-state index in [1.54, 1.807) is 0 Å². The summed E-state index contributed by atoms with van der Waals surface area (Å²) >= 11 is 0. The van der Waals surface area contributed by atoms with Gasteiger partial charge in [0.05, 0.1) is 61.3 Å². The summed E-state index contributed by atoms with van der Waals surface area (Å²) in [6.45, 7) is 0.143. The summed E-state index contributed by atoms with van der Waals surface area (Å²) in [4.78, 5) is 28.8. The summed E-state index contributed by atoms with van der Waals surface area (Å²) < 4.78 is 116. The normalized spacial score (nSPS) is 18.2. The van der Waals surface area contributed by atoms with Gasteiger partial charge < -0.3 is 25.8 Å². The average Bonchev–Trinajstić information content (AvgIpc) is 3.03. The highest BCUT2D eigenvalue weighted by Crippen LogP contribution is 2.33. The standard InChI is InChI=1S/C32H32F8N4O4/c33-21-7-3-19(4-8-21)28(18-1-5-20(6-2-18)32(38,39)40)29(41)30(46)44-26-15-42-14-25(34)24(26)10-9-23-13-43-22(16-47-23)17-48-27(45)11-12-31(35,36)37/h1-8,14-15,22-23,28-29,43H,9-13,16-17,41H2,(H,44,46)/t22-,23+,28-,29-/m0/s1. The molecule has 4 atom stereocenters. The first-order valence-electron chi connectivity index (χ1n) is 14.8. The lowest BCUT2D eigenvalue weighted by Crippen LogP contribution is -2.49. The highest BCUT2D eigenvalue weighted by molar-refractivity contribution is 5.96. The first-order valence-corrected chi connectivity index (χ1v) is 14.8. The number of carbonyl (C=O) groups excluding carboxylic acids is 2. The monoisotopic (exact) mass is 688 g/mol. The van der Waals surface area contributed by atoms with E-state index in [-0.39, 0.29) is 49.4 Å². The third-order valence-corrected chi connectivity index (χ3v) is 7.69. The molecule has 0 unspecified atom stereocenters. The number of amides is 1. The lowest BCUT2D eigenvalue weighted by Gasteiger charge is -2.30. The molecule has 1 aliphatic heterocycles. The topological polar surface area (TPSA) is 116 Å². The van der Waals surface area contributed by atoms with E-state index >= 15 is 0 Å². The van der Waals surface area contributed by atoms with Crippen molar-refractivity contribution < 1.29 is 54.2 Å². The van der Waals surface area contributed by atoms with Gasteiger partial charge in [0, 0.05) is 18.0 Å². The Bertz CT molecular complexity index is 1530. The number of pyridine rings is 1. The van der Waals surface area contributed by atoms with Crippen LogP contribution in [0.15, 0.2) is 60.9 Å². The maximum atomic E-state index is 14.9. The van der Waals surface area contributed by atoms with Crippen molar-refractivity contribution in [2.24, 2.45) is 5.73 Å². The van der Waals surface area contributed by atoms with Crippen molar-refractivity contribution in [3.05, 3.63) is 94.8 Å². The number of ether oxygens (including phenoxy) is 2. The van der Waals surface area contributed by atoms with Gasteiger partial charge in [0.2, 0.25) is 5.91 Å². The average molecular weight is 689 g/mol. The lowest BCUT2D eigenvalue weighted by atomic mass is 9.84. The first-order chi connectivity index (χ1) is 22.6. The number of nitrogens with one attached hydrogen (secondary N) is 2. The summed E-state index contributed by atoms with van der Waals surface area (Å²) in [5, 5.41) is 5.63. The van der Waals surface area contributed by atoms with Crippen LogP contribution < -0.4 is 16.4 Å². The summed E-state index contributed by atoms with van der Waals surface area (Å²) in [5.41, 5.74) is 6.15. The van der Waals surface area contributed by atoms with Crippen molar-refractivity contribution in [3.63, 3.8) is 0 Å². The second-order valence-corrected chi connectivity index (χ2v) is 11.2. The Labute approximate surface area is 270 Å². The van der Waals surface area contributed by atoms with Gasteiger partial charge in [-0.3, -0.25) is 14.6 Å². The van der Waals surface area contributed by atoms with Crippen molar-refractivity contribution in [3.8, 4) is 0 Å². The summed E-state index contributed by atoms with van der Waals surface area (Å²) in [6.07, 6.45) is -9.05. The molecule has 1 amide bonds. The molecule has 1 aromatic heterocycles. The quantitative estimate of drug-likeness (QED) is 0.166. The van der Waals surface area contributed by atoms with Gasteiger partial charge in [-0.25, -0.2) is 8.78 Å². The third-order valence-electron chi connectivity index (χ3n) is 7.69. The van der Waals surface area contributed by atoms with E-state index < -0.39 is 78.4 Å². The zero-order chi connectivity index (χ0) is 35.1. The van der Waals surface area contributed by atoms with Crippen LogP contribution in [0.4, 0.5) is 40.8 Å². The fourth-order valence-corrected chi connectivity index (χ4v) is 5.12. The minimum atomic E-state index is -4.60. The molecule has 0 radical (unpaired) electrons. The number of carbonyl (C=O) groups is 2. The zero-order valence-corrected chi connectivity index (χ0v) is 25.2. The largest absolute Gasteiger partial charge is 0.464 e. The number of aromatic nitrogens is 1. The number of esters is 1. The van der Waals surface area contributed by atoms with Gasteiger partial charge in [0.15, 0.2) is 0 Å². The van der Waals surface area contributed by atoms with Gasteiger partial charge in [-0.2, -0.15) is 26.3 Å². The predicted octanol–water partition coefficient (Wildman–Crippen LogP) is 5.65. The van der Waals surface area contributed by atoms with E-state index in [1.807, 2.05) is 0 Å². The van der Waals surface area contributed by atoms with Gasteiger partial charge in [0.25, 0.3) is 0 Å². The molecule has 16 heteroatoms. The van der Waals surface area contributed by atoms with E-state index in [0.717, 1.165) is 30.5 Å². The van der Waals surface area contributed by atoms with Crippen LogP contribution in [0, 0.1) is 11.6 Å². The molecule has 4 rings (SSSR count). The minimum Gasteiger partial charge on any atom is -0.464 e. The summed E-state index contributed by atoms with van der Waals surface area (Å²) in [7, 11) is 0. The maximum absolute atomic E-state index is 14.9. The van der Waals surface area contributed by atoms with Crippen LogP contribution in [0.5, 0.6) is 0 Å². The lowest BCUT2D eigenvalue weighted by molar-refractivity contribution is -0.158. The molecule has 48 heavy (non-hydrogen) atoms. The molecular weight excluding hydrogens is 656 g/mol. The second kappa shape index (κ2) is 15.8. The number of halogens is 8. The molecule has 0 aliphatic carbocycles. The summed E-state index contributed by atoms with van der Waals surface area (Å²) in [5.74, 6) is -4.10. The number of nitrogens with zero attached hydrogens (tertiary/aromatic N) is 1. The van der Waals surface area contributed by atoms with E-state index in [2.05, 4.69) is 15.6 Å². The van der Waals surface area contributed by atoms with Crippen LogP contribution in [-0.2, 0) is 31.7 Å². The fourth-order valence-electron chi connectivity index (χ4n) is 5.12. The van der Waals surface area contributed by atoms with Crippen LogP contribution in [0.2, 0.25) is 0 Å². The van der Waals surface area contributed by atoms with Crippen molar-refractivity contribution in [1.29, 1.82) is 0 Å². The van der Waals surface area contributed by atoms with Crippen LogP contribution in [0.3, 0.4) is 0 Å². The van der Waals surface area contributed by atoms with Crippen molar-refractivity contribution >= 4 is 17.6 Å². The highest BCUT2D eigenvalue weighted by atomic mass is 19.4. The van der Waals surface area contributed by atoms with E-state index in [4.69, 9.17) is 15.2 Å². The highest BCUT2D eigenvalue weighted by Gasteiger charge is 2.33. The molecule has 8 nitrogen and oxygen atoms in total. The molecule has 0 spiro atoms. The second-order valence-electron chi connectivity index (χ2n) is 11.2. The number of hydrogen-bond acceptors (Lipinski definition) is 7. The van der Waals surface area contributed by atoms with Crippen LogP contribution in [0.25, 0.3) is 0 Å². The molecule has 1 aliphatic rings. The molecule has 1 saturated heterocycles. The molecule has 3 aromatic rings. The smallest absolute Gasteiger partial charge is 0.416 e. The van der Waals surface area contributed by atoms with E-state index in [0.29, 0.717) is 5.56 Å². The Morgan fingerprint density at radius 3 is 2.23 bits per heavy atom. The molecule has 260 valence electrons. The third kappa shape index (κ3) is 10.4. The molecule has 2 heterocycles. The van der Waals surface area contributed by atoms with Gasteiger partial charge >= 0.3 is 18.3 Å². The first kappa shape index (κ1) is 36.7. The molecule has 4 N–H and O–H groups in total. The van der Waals surface area contributed by atoms with Crippen molar-refractivity contribution in [2.45, 2.75) is 62.1 Å². The Hall–Kier alpha value is -4.15. The molecule has 0 saturated carbocycles. The molecule has 2 aromatic carbocycles. The van der Waals surface area contributed by atoms with Crippen LogP contribution >= 0.6 is 0 Å². The number of benzene rings is 2. The SMILES string of the molecule is N[C@H](C(=O)Nc1cncc(F)c1CC[C@@H]1CN[C@H](COC(=O)CCC(F)(F)F)CO1)[C@H](c1ccc(F)cc1)c1ccc(C(F)(F)F)cc1. The number of nitrogens with two attached hydrogens (primary N) is 1. The number of anilines is 1. The van der Waals surface area contributed by atoms with Crippen LogP contribution in [0.1, 0.15) is 47.4 Å². The number of hydrogen-bond donors (Lipinski definition) is 3. The van der Waals surface area contributed by atoms with Crippen LogP contribution in [-0.4, -0.2) is 61.0 Å². The van der Waals surface area contributed by atoms with Gasteiger partial charge in [0.1, 0.15) is 18.2 Å². The van der Waals surface area contributed by atoms with E-state index in [9.17, 15) is 44.7 Å².